The van der Waals surface area contributed by atoms with Crippen LogP contribution in [0.1, 0.15) is 30.1 Å². The summed E-state index contributed by atoms with van der Waals surface area (Å²) in [6.07, 6.45) is 3.52. The van der Waals surface area contributed by atoms with E-state index in [1.807, 2.05) is 24.3 Å². The number of benzene rings is 1. The molecular weight excluding hydrogens is 258 g/mol. The minimum Gasteiger partial charge on any atom is -0.392 e. The van der Waals surface area contributed by atoms with E-state index in [1.54, 1.807) is 11.8 Å². The van der Waals surface area contributed by atoms with Gasteiger partial charge in [-0.15, -0.1) is 22.0 Å². The first kappa shape index (κ1) is 12.7. The van der Waals surface area contributed by atoms with Gasteiger partial charge in [-0.05, 0) is 30.5 Å². The Kier molecular flexibility index (Phi) is 3.84. The van der Waals surface area contributed by atoms with Crippen molar-refractivity contribution in [3.63, 3.8) is 0 Å². The summed E-state index contributed by atoms with van der Waals surface area (Å²) in [5.74, 6) is 3.06. The van der Waals surface area contributed by atoms with Gasteiger partial charge in [0, 0.05) is 17.9 Å². The van der Waals surface area contributed by atoms with Crippen molar-refractivity contribution < 1.29 is 5.11 Å². The van der Waals surface area contributed by atoms with Gasteiger partial charge in [-0.25, -0.2) is 0 Å². The van der Waals surface area contributed by atoms with Crippen LogP contribution in [0.4, 0.5) is 0 Å². The number of hydrogen-bond acceptors (Lipinski definition) is 4. The van der Waals surface area contributed by atoms with Gasteiger partial charge < -0.3 is 9.67 Å². The van der Waals surface area contributed by atoms with E-state index < -0.39 is 0 Å². The van der Waals surface area contributed by atoms with Crippen molar-refractivity contribution in [3.05, 3.63) is 41.5 Å². The molecule has 0 unspecified atom stereocenters. The molecule has 5 heteroatoms. The van der Waals surface area contributed by atoms with Gasteiger partial charge in [0.25, 0.3) is 0 Å². The maximum atomic E-state index is 9.01. The average Bonchev–Trinajstić information content (AvgIpc) is 2.89. The smallest absolute Gasteiger partial charge is 0.143 e. The maximum Gasteiger partial charge on any atom is 0.143 e. The van der Waals surface area contributed by atoms with Crippen LogP contribution in [0.2, 0.25) is 0 Å². The molecular formula is C14H17N3OS. The molecule has 0 atom stereocenters. The highest BCUT2D eigenvalue weighted by molar-refractivity contribution is 7.98. The van der Waals surface area contributed by atoms with Crippen molar-refractivity contribution in [1.29, 1.82) is 0 Å². The molecule has 1 aromatic carbocycles. The van der Waals surface area contributed by atoms with Crippen LogP contribution in [0.15, 0.2) is 29.2 Å². The number of fused-ring (bicyclic) bond motifs is 1. The van der Waals surface area contributed by atoms with E-state index in [9.17, 15) is 0 Å². The van der Waals surface area contributed by atoms with E-state index in [-0.39, 0.29) is 6.61 Å². The SMILES string of the molecule is OCc1ccc(SCc2nnc3n2CCCC3)cc1. The molecule has 0 saturated heterocycles. The molecule has 1 N–H and O–H groups in total. The van der Waals surface area contributed by atoms with Crippen LogP contribution < -0.4 is 0 Å². The normalized spacial score (nSPS) is 14.4. The summed E-state index contributed by atoms with van der Waals surface area (Å²) in [7, 11) is 0. The fourth-order valence-corrected chi connectivity index (χ4v) is 3.15. The highest BCUT2D eigenvalue weighted by Gasteiger charge is 2.15. The van der Waals surface area contributed by atoms with Gasteiger partial charge >= 0.3 is 0 Å². The molecule has 100 valence electrons. The van der Waals surface area contributed by atoms with E-state index in [4.69, 9.17) is 5.11 Å². The molecule has 0 fully saturated rings. The van der Waals surface area contributed by atoms with E-state index in [0.717, 1.165) is 35.9 Å². The summed E-state index contributed by atoms with van der Waals surface area (Å²) < 4.78 is 2.26. The van der Waals surface area contributed by atoms with Crippen LogP contribution in [-0.4, -0.2) is 19.9 Å². The number of hydrogen-bond donors (Lipinski definition) is 1. The quantitative estimate of drug-likeness (QED) is 0.871. The van der Waals surface area contributed by atoms with Gasteiger partial charge in [-0.2, -0.15) is 0 Å². The first-order chi connectivity index (χ1) is 9.36. The molecule has 0 radical (unpaired) electrons. The summed E-state index contributed by atoms with van der Waals surface area (Å²) >= 11 is 1.77. The summed E-state index contributed by atoms with van der Waals surface area (Å²) in [4.78, 5) is 1.20. The summed E-state index contributed by atoms with van der Waals surface area (Å²) in [6.45, 7) is 1.16. The highest BCUT2D eigenvalue weighted by Crippen LogP contribution is 2.24. The van der Waals surface area contributed by atoms with Gasteiger partial charge in [0.1, 0.15) is 11.6 Å². The summed E-state index contributed by atoms with van der Waals surface area (Å²) in [6, 6.07) is 8.01. The zero-order chi connectivity index (χ0) is 13.1. The maximum absolute atomic E-state index is 9.01. The Hall–Kier alpha value is -1.33. The largest absolute Gasteiger partial charge is 0.392 e. The second kappa shape index (κ2) is 5.75. The van der Waals surface area contributed by atoms with Crippen molar-refractivity contribution >= 4 is 11.8 Å². The number of aliphatic hydroxyl groups excluding tert-OH is 1. The van der Waals surface area contributed by atoms with E-state index in [1.165, 1.54) is 17.7 Å². The van der Waals surface area contributed by atoms with Gasteiger partial charge in [-0.3, -0.25) is 0 Å². The van der Waals surface area contributed by atoms with Crippen LogP contribution in [-0.2, 0) is 25.3 Å². The lowest BCUT2D eigenvalue weighted by Gasteiger charge is -2.14. The molecule has 2 aromatic rings. The monoisotopic (exact) mass is 275 g/mol. The number of thioether (sulfide) groups is 1. The molecule has 19 heavy (non-hydrogen) atoms. The minimum atomic E-state index is 0.0998. The zero-order valence-electron chi connectivity index (χ0n) is 10.7. The second-order valence-electron chi connectivity index (χ2n) is 4.73. The fraction of sp³-hybridized carbons (Fsp3) is 0.429. The number of rotatable bonds is 4. The van der Waals surface area contributed by atoms with E-state index in [0.29, 0.717) is 0 Å². The lowest BCUT2D eigenvalue weighted by atomic mass is 10.2. The Bertz CT molecular complexity index is 550. The van der Waals surface area contributed by atoms with E-state index >= 15 is 0 Å². The van der Waals surface area contributed by atoms with Crippen molar-refractivity contribution in [3.8, 4) is 0 Å². The molecule has 3 rings (SSSR count). The molecule has 2 heterocycles. The Morgan fingerprint density at radius 1 is 1.16 bits per heavy atom. The molecule has 0 amide bonds. The van der Waals surface area contributed by atoms with E-state index in [2.05, 4.69) is 14.8 Å². The lowest BCUT2D eigenvalue weighted by molar-refractivity contribution is 0.282. The number of aliphatic hydroxyl groups is 1. The first-order valence-electron chi connectivity index (χ1n) is 6.60. The third kappa shape index (κ3) is 2.82. The number of nitrogens with zero attached hydrogens (tertiary/aromatic N) is 3. The van der Waals surface area contributed by atoms with Gasteiger partial charge in [0.15, 0.2) is 0 Å². The topological polar surface area (TPSA) is 50.9 Å². The minimum absolute atomic E-state index is 0.0998. The molecule has 0 aliphatic carbocycles. The molecule has 0 spiro atoms. The first-order valence-corrected chi connectivity index (χ1v) is 7.59. The number of aromatic nitrogens is 3. The zero-order valence-corrected chi connectivity index (χ0v) is 11.6. The third-order valence-corrected chi connectivity index (χ3v) is 4.42. The standard InChI is InChI=1S/C14H17N3OS/c18-9-11-4-6-12(7-5-11)19-10-14-16-15-13-3-1-2-8-17(13)14/h4-7,18H,1-3,8-10H2. The van der Waals surface area contributed by atoms with Gasteiger partial charge in [-0.1, -0.05) is 12.1 Å². The Morgan fingerprint density at radius 2 is 2.00 bits per heavy atom. The van der Waals surface area contributed by atoms with Gasteiger partial charge in [0.2, 0.25) is 0 Å². The van der Waals surface area contributed by atoms with Crippen LogP contribution >= 0.6 is 11.8 Å². The highest BCUT2D eigenvalue weighted by atomic mass is 32.2. The molecule has 1 aromatic heterocycles. The van der Waals surface area contributed by atoms with Crippen LogP contribution in [0, 0.1) is 0 Å². The van der Waals surface area contributed by atoms with Crippen LogP contribution in [0.25, 0.3) is 0 Å². The van der Waals surface area contributed by atoms with Crippen LogP contribution in [0.3, 0.4) is 0 Å². The van der Waals surface area contributed by atoms with Crippen molar-refractivity contribution in [2.75, 3.05) is 0 Å². The Balaban J connectivity index is 1.66. The predicted molar refractivity (Wildman–Crippen MR) is 74.9 cm³/mol. The second-order valence-corrected chi connectivity index (χ2v) is 5.78. The molecule has 1 aliphatic heterocycles. The molecule has 4 nitrogen and oxygen atoms in total. The Morgan fingerprint density at radius 3 is 2.79 bits per heavy atom. The Labute approximate surface area is 116 Å². The molecule has 0 bridgehead atoms. The predicted octanol–water partition coefficient (Wildman–Crippen LogP) is 2.40. The third-order valence-electron chi connectivity index (χ3n) is 3.41. The van der Waals surface area contributed by atoms with Crippen molar-refractivity contribution in [1.82, 2.24) is 14.8 Å². The van der Waals surface area contributed by atoms with Crippen LogP contribution in [0.5, 0.6) is 0 Å². The average molecular weight is 275 g/mol. The van der Waals surface area contributed by atoms with Crippen molar-refractivity contribution in [2.45, 2.75) is 43.1 Å². The molecule has 1 aliphatic rings. The number of aryl methyl sites for hydroxylation is 1. The fourth-order valence-electron chi connectivity index (χ4n) is 2.31. The summed E-state index contributed by atoms with van der Waals surface area (Å²) in [5.41, 5.74) is 0.948. The summed E-state index contributed by atoms with van der Waals surface area (Å²) in [5, 5.41) is 17.6. The van der Waals surface area contributed by atoms with Crippen molar-refractivity contribution in [2.24, 2.45) is 0 Å². The molecule has 0 saturated carbocycles. The van der Waals surface area contributed by atoms with Gasteiger partial charge in [0.05, 0.1) is 12.4 Å². The lowest BCUT2D eigenvalue weighted by Crippen LogP contribution is -2.12.